The molecule has 0 atom stereocenters. The molecule has 0 radical (unpaired) electrons. The topological polar surface area (TPSA) is 42.4 Å². The summed E-state index contributed by atoms with van der Waals surface area (Å²) < 4.78 is 6.46. The van der Waals surface area contributed by atoms with E-state index in [-0.39, 0.29) is 6.61 Å². The Balaban J connectivity index is 2.04. The molecule has 0 unspecified atom stereocenters. The second kappa shape index (κ2) is 5.80. The number of rotatable bonds is 4. The first-order valence-corrected chi connectivity index (χ1v) is 6.01. The summed E-state index contributed by atoms with van der Waals surface area (Å²) in [5, 5.41) is 8.99. The predicted octanol–water partition coefficient (Wildman–Crippen LogP) is 2.92. The fourth-order valence-electron chi connectivity index (χ4n) is 1.39. The molecule has 0 saturated carbocycles. The van der Waals surface area contributed by atoms with Crippen molar-refractivity contribution in [1.29, 1.82) is 0 Å². The molecule has 0 aliphatic carbocycles. The Morgan fingerprint density at radius 1 is 1.24 bits per heavy atom. The average molecular weight is 294 g/mol. The third-order valence-corrected chi connectivity index (χ3v) is 2.90. The molecule has 1 N–H and O–H groups in total. The molecule has 0 aliphatic heterocycles. The van der Waals surface area contributed by atoms with E-state index >= 15 is 0 Å². The molecule has 17 heavy (non-hydrogen) atoms. The van der Waals surface area contributed by atoms with Crippen LogP contribution in [0.2, 0.25) is 0 Å². The van der Waals surface area contributed by atoms with Gasteiger partial charge < -0.3 is 9.84 Å². The second-order valence-corrected chi connectivity index (χ2v) is 4.39. The quantitative estimate of drug-likeness (QED) is 0.942. The Bertz CT molecular complexity index is 488. The summed E-state index contributed by atoms with van der Waals surface area (Å²) in [4.78, 5) is 4.18. The summed E-state index contributed by atoms with van der Waals surface area (Å²) in [6.07, 6.45) is 1.74. The van der Waals surface area contributed by atoms with Gasteiger partial charge in [-0.15, -0.1) is 0 Å². The van der Waals surface area contributed by atoms with Gasteiger partial charge in [0.2, 0.25) is 0 Å². The molecule has 0 amide bonds. The lowest BCUT2D eigenvalue weighted by Crippen LogP contribution is -1.98. The molecule has 1 aromatic heterocycles. The standard InChI is InChI=1S/C13H12BrNO2/c14-12-7-10(8-16)4-5-13(12)17-9-11-3-1-2-6-15-11/h1-7,16H,8-9H2. The lowest BCUT2D eigenvalue weighted by molar-refractivity contribution is 0.280. The van der Waals surface area contributed by atoms with E-state index in [1.807, 2.05) is 36.4 Å². The van der Waals surface area contributed by atoms with E-state index in [0.29, 0.717) is 6.61 Å². The van der Waals surface area contributed by atoms with Crippen molar-refractivity contribution >= 4 is 15.9 Å². The molecular formula is C13H12BrNO2. The van der Waals surface area contributed by atoms with Gasteiger partial charge in [-0.05, 0) is 45.8 Å². The molecule has 0 bridgehead atoms. The van der Waals surface area contributed by atoms with Crippen LogP contribution < -0.4 is 4.74 Å². The Morgan fingerprint density at radius 3 is 2.76 bits per heavy atom. The number of hydrogen-bond donors (Lipinski definition) is 1. The van der Waals surface area contributed by atoms with E-state index in [1.54, 1.807) is 6.20 Å². The van der Waals surface area contributed by atoms with Gasteiger partial charge in [-0.25, -0.2) is 0 Å². The van der Waals surface area contributed by atoms with Crippen LogP contribution in [0, 0.1) is 0 Å². The number of pyridine rings is 1. The van der Waals surface area contributed by atoms with E-state index in [9.17, 15) is 0 Å². The Hall–Kier alpha value is -1.39. The van der Waals surface area contributed by atoms with Crippen LogP contribution in [0.4, 0.5) is 0 Å². The maximum Gasteiger partial charge on any atom is 0.134 e. The number of aliphatic hydroxyl groups excluding tert-OH is 1. The van der Waals surface area contributed by atoms with Gasteiger partial charge in [0.15, 0.2) is 0 Å². The minimum absolute atomic E-state index is 0.0269. The van der Waals surface area contributed by atoms with Crippen LogP contribution in [0.3, 0.4) is 0 Å². The van der Waals surface area contributed by atoms with Crippen LogP contribution in [0.25, 0.3) is 0 Å². The van der Waals surface area contributed by atoms with Crippen molar-refractivity contribution < 1.29 is 9.84 Å². The number of aliphatic hydroxyl groups is 1. The Kier molecular flexibility index (Phi) is 4.12. The van der Waals surface area contributed by atoms with Gasteiger partial charge in [0, 0.05) is 6.20 Å². The summed E-state index contributed by atoms with van der Waals surface area (Å²) in [5.41, 5.74) is 1.73. The molecular weight excluding hydrogens is 282 g/mol. The third kappa shape index (κ3) is 3.28. The van der Waals surface area contributed by atoms with Crippen LogP contribution in [0.1, 0.15) is 11.3 Å². The Morgan fingerprint density at radius 2 is 2.12 bits per heavy atom. The number of ether oxygens (including phenoxy) is 1. The molecule has 88 valence electrons. The molecule has 2 rings (SSSR count). The van der Waals surface area contributed by atoms with Crippen LogP contribution in [-0.4, -0.2) is 10.1 Å². The molecule has 0 spiro atoms. The lowest BCUT2D eigenvalue weighted by atomic mass is 10.2. The first-order valence-electron chi connectivity index (χ1n) is 5.21. The van der Waals surface area contributed by atoms with Crippen molar-refractivity contribution in [3.05, 3.63) is 58.3 Å². The van der Waals surface area contributed by atoms with Crippen molar-refractivity contribution in [2.24, 2.45) is 0 Å². The van der Waals surface area contributed by atoms with E-state index in [4.69, 9.17) is 9.84 Å². The largest absolute Gasteiger partial charge is 0.486 e. The van der Waals surface area contributed by atoms with Crippen molar-refractivity contribution in [1.82, 2.24) is 4.98 Å². The SMILES string of the molecule is OCc1ccc(OCc2ccccn2)c(Br)c1. The molecule has 3 nitrogen and oxygen atoms in total. The maximum absolute atomic E-state index is 8.99. The van der Waals surface area contributed by atoms with E-state index in [1.165, 1.54) is 0 Å². The van der Waals surface area contributed by atoms with E-state index < -0.39 is 0 Å². The van der Waals surface area contributed by atoms with E-state index in [0.717, 1.165) is 21.5 Å². The van der Waals surface area contributed by atoms with Crippen LogP contribution in [-0.2, 0) is 13.2 Å². The first-order chi connectivity index (χ1) is 8.29. The summed E-state index contributed by atoms with van der Waals surface area (Å²) in [5.74, 6) is 0.743. The highest BCUT2D eigenvalue weighted by Crippen LogP contribution is 2.26. The van der Waals surface area contributed by atoms with Crippen molar-refractivity contribution in [3.63, 3.8) is 0 Å². The smallest absolute Gasteiger partial charge is 0.134 e. The fraction of sp³-hybridized carbons (Fsp3) is 0.154. The summed E-state index contributed by atoms with van der Waals surface area (Å²) >= 11 is 3.40. The summed E-state index contributed by atoms with van der Waals surface area (Å²) in [6, 6.07) is 11.2. The highest BCUT2D eigenvalue weighted by molar-refractivity contribution is 9.10. The molecule has 4 heteroatoms. The molecule has 0 fully saturated rings. The first kappa shape index (κ1) is 12.1. The number of nitrogens with zero attached hydrogens (tertiary/aromatic N) is 1. The number of hydrogen-bond acceptors (Lipinski definition) is 3. The van der Waals surface area contributed by atoms with Gasteiger partial charge in [-0.3, -0.25) is 4.98 Å². The van der Waals surface area contributed by atoms with Gasteiger partial charge in [0.1, 0.15) is 12.4 Å². The van der Waals surface area contributed by atoms with Crippen LogP contribution in [0.5, 0.6) is 5.75 Å². The molecule has 2 aromatic rings. The third-order valence-electron chi connectivity index (χ3n) is 2.28. The van der Waals surface area contributed by atoms with Gasteiger partial charge in [-0.1, -0.05) is 12.1 Å². The zero-order chi connectivity index (χ0) is 12.1. The highest BCUT2D eigenvalue weighted by atomic mass is 79.9. The fourth-order valence-corrected chi connectivity index (χ4v) is 1.94. The highest BCUT2D eigenvalue weighted by Gasteiger charge is 2.03. The Labute approximate surface area is 108 Å². The van der Waals surface area contributed by atoms with Crippen LogP contribution >= 0.6 is 15.9 Å². The normalized spacial score (nSPS) is 10.2. The predicted molar refractivity (Wildman–Crippen MR) is 68.6 cm³/mol. The van der Waals surface area contributed by atoms with Crippen molar-refractivity contribution in [2.45, 2.75) is 13.2 Å². The number of halogens is 1. The van der Waals surface area contributed by atoms with Crippen molar-refractivity contribution in [3.8, 4) is 5.75 Å². The molecule has 0 saturated heterocycles. The molecule has 1 aromatic carbocycles. The maximum atomic E-state index is 8.99. The van der Waals surface area contributed by atoms with Gasteiger partial charge in [0.25, 0.3) is 0 Å². The monoisotopic (exact) mass is 293 g/mol. The van der Waals surface area contributed by atoms with Crippen molar-refractivity contribution in [2.75, 3.05) is 0 Å². The summed E-state index contributed by atoms with van der Waals surface area (Å²) in [6.45, 7) is 0.455. The molecule has 1 heterocycles. The van der Waals surface area contributed by atoms with Gasteiger partial charge in [0.05, 0.1) is 16.8 Å². The minimum Gasteiger partial charge on any atom is -0.486 e. The lowest BCUT2D eigenvalue weighted by Gasteiger charge is -2.08. The second-order valence-electron chi connectivity index (χ2n) is 3.53. The minimum atomic E-state index is 0.0269. The molecule has 0 aliphatic rings. The zero-order valence-electron chi connectivity index (χ0n) is 9.14. The van der Waals surface area contributed by atoms with E-state index in [2.05, 4.69) is 20.9 Å². The van der Waals surface area contributed by atoms with Gasteiger partial charge >= 0.3 is 0 Å². The van der Waals surface area contributed by atoms with Crippen LogP contribution in [0.15, 0.2) is 47.1 Å². The van der Waals surface area contributed by atoms with Gasteiger partial charge in [-0.2, -0.15) is 0 Å². The zero-order valence-corrected chi connectivity index (χ0v) is 10.7. The number of aromatic nitrogens is 1. The number of benzene rings is 1. The average Bonchev–Trinajstić information content (AvgIpc) is 2.38. The summed E-state index contributed by atoms with van der Waals surface area (Å²) in [7, 11) is 0.